The number of aromatic nitrogens is 2. The molecule has 0 aliphatic heterocycles. The van der Waals surface area contributed by atoms with Crippen molar-refractivity contribution in [2.45, 2.75) is 39.2 Å². The number of halogens is 1. The molecule has 0 amide bonds. The van der Waals surface area contributed by atoms with Gasteiger partial charge in [-0.1, -0.05) is 25.2 Å². The molecule has 0 aliphatic rings. The van der Waals surface area contributed by atoms with E-state index >= 15 is 0 Å². The summed E-state index contributed by atoms with van der Waals surface area (Å²) < 4.78 is 0. The fourth-order valence-electron chi connectivity index (χ4n) is 1.22. The number of nitrogens with zero attached hydrogens (tertiary/aromatic N) is 2. The predicted molar refractivity (Wildman–Crippen MR) is 62.3 cm³/mol. The monoisotopic (exact) mass is 233 g/mol. The van der Waals surface area contributed by atoms with Crippen LogP contribution in [0.15, 0.2) is 0 Å². The van der Waals surface area contributed by atoms with Crippen molar-refractivity contribution in [3.63, 3.8) is 0 Å². The van der Waals surface area contributed by atoms with E-state index in [0.717, 1.165) is 23.0 Å². The van der Waals surface area contributed by atoms with E-state index in [1.54, 1.807) is 11.3 Å². The first-order valence-electron chi connectivity index (χ1n) is 4.80. The molecule has 1 heterocycles. The Labute approximate surface area is 93.9 Å². The lowest BCUT2D eigenvalue weighted by Crippen LogP contribution is -2.38. The van der Waals surface area contributed by atoms with Crippen LogP contribution in [0.1, 0.15) is 31.7 Å². The molecule has 1 aromatic heterocycles. The van der Waals surface area contributed by atoms with Gasteiger partial charge in [-0.3, -0.25) is 0 Å². The molecule has 0 fully saturated rings. The molecule has 1 rings (SSSR count). The van der Waals surface area contributed by atoms with E-state index in [0.29, 0.717) is 5.88 Å². The molecule has 0 aliphatic carbocycles. The molecule has 0 saturated carbocycles. The van der Waals surface area contributed by atoms with Crippen LogP contribution in [-0.4, -0.2) is 21.6 Å². The summed E-state index contributed by atoms with van der Waals surface area (Å²) in [4.78, 5) is 0. The smallest absolute Gasteiger partial charge is 0.206 e. The minimum atomic E-state index is -0.0342. The Hall–Kier alpha value is -0.350. The largest absolute Gasteiger partial charge is 0.353 e. The summed E-state index contributed by atoms with van der Waals surface area (Å²) in [6.07, 6.45) is 1.98. The van der Waals surface area contributed by atoms with Crippen molar-refractivity contribution in [2.75, 3.05) is 11.2 Å². The van der Waals surface area contributed by atoms with Gasteiger partial charge in [-0.05, 0) is 19.8 Å². The molecule has 3 nitrogen and oxygen atoms in total. The van der Waals surface area contributed by atoms with Crippen LogP contribution in [0.5, 0.6) is 0 Å². The summed E-state index contributed by atoms with van der Waals surface area (Å²) >= 11 is 7.54. The quantitative estimate of drug-likeness (QED) is 0.795. The highest BCUT2D eigenvalue weighted by atomic mass is 35.5. The highest BCUT2D eigenvalue weighted by Gasteiger charge is 2.25. The average Bonchev–Trinajstić information content (AvgIpc) is 2.61. The third-order valence-electron chi connectivity index (χ3n) is 2.51. The maximum atomic E-state index is 5.98. The molecule has 0 atom stereocenters. The van der Waals surface area contributed by atoms with Crippen LogP contribution in [0.25, 0.3) is 0 Å². The van der Waals surface area contributed by atoms with Crippen molar-refractivity contribution in [3.05, 3.63) is 5.01 Å². The van der Waals surface area contributed by atoms with Crippen molar-refractivity contribution >= 4 is 28.1 Å². The van der Waals surface area contributed by atoms with Gasteiger partial charge >= 0.3 is 0 Å². The lowest BCUT2D eigenvalue weighted by atomic mass is 9.96. The summed E-state index contributed by atoms with van der Waals surface area (Å²) in [6.45, 7) is 6.21. The Balaban J connectivity index is 2.73. The standard InChI is InChI=1S/C9H16ClN3S/c1-4-9(5-2,6-10)11-8-13-12-7(3)14-8/h4-6H2,1-3H3,(H,11,13). The van der Waals surface area contributed by atoms with Crippen LogP contribution in [0, 0.1) is 6.92 Å². The van der Waals surface area contributed by atoms with E-state index in [4.69, 9.17) is 11.6 Å². The Kier molecular flexibility index (Phi) is 4.13. The van der Waals surface area contributed by atoms with Crippen LogP contribution in [0.3, 0.4) is 0 Å². The molecular weight excluding hydrogens is 218 g/mol. The third kappa shape index (κ3) is 2.58. The number of anilines is 1. The molecule has 0 unspecified atom stereocenters. The average molecular weight is 234 g/mol. The second kappa shape index (κ2) is 4.94. The van der Waals surface area contributed by atoms with Gasteiger partial charge < -0.3 is 5.32 Å². The molecule has 0 radical (unpaired) electrons. The zero-order valence-electron chi connectivity index (χ0n) is 8.80. The maximum Gasteiger partial charge on any atom is 0.206 e. The van der Waals surface area contributed by atoms with Gasteiger partial charge in [0.05, 0.1) is 5.54 Å². The fraction of sp³-hybridized carbons (Fsp3) is 0.778. The van der Waals surface area contributed by atoms with Gasteiger partial charge in [0.1, 0.15) is 5.01 Å². The second-order valence-corrected chi connectivity index (χ2v) is 4.82. The van der Waals surface area contributed by atoms with Gasteiger partial charge in [-0.25, -0.2) is 0 Å². The van der Waals surface area contributed by atoms with Crippen LogP contribution in [-0.2, 0) is 0 Å². The highest BCUT2D eigenvalue weighted by Crippen LogP contribution is 2.25. The number of alkyl halides is 1. The van der Waals surface area contributed by atoms with Crippen LogP contribution in [0.2, 0.25) is 0 Å². The minimum Gasteiger partial charge on any atom is -0.353 e. The van der Waals surface area contributed by atoms with Gasteiger partial charge in [0.2, 0.25) is 5.13 Å². The molecule has 5 heteroatoms. The number of nitrogens with one attached hydrogen (secondary N) is 1. The van der Waals surface area contributed by atoms with Crippen molar-refractivity contribution in [1.29, 1.82) is 0 Å². The molecule has 80 valence electrons. The van der Waals surface area contributed by atoms with Gasteiger partial charge in [-0.2, -0.15) is 0 Å². The third-order valence-corrected chi connectivity index (χ3v) is 3.77. The highest BCUT2D eigenvalue weighted by molar-refractivity contribution is 7.15. The Morgan fingerprint density at radius 3 is 2.36 bits per heavy atom. The Morgan fingerprint density at radius 2 is 2.00 bits per heavy atom. The Bertz CT molecular complexity index is 275. The lowest BCUT2D eigenvalue weighted by molar-refractivity contribution is 0.483. The van der Waals surface area contributed by atoms with E-state index in [1.807, 2.05) is 6.92 Å². The maximum absolute atomic E-state index is 5.98. The lowest BCUT2D eigenvalue weighted by Gasteiger charge is -2.30. The molecule has 0 aromatic carbocycles. The minimum absolute atomic E-state index is 0.0342. The van der Waals surface area contributed by atoms with Gasteiger partial charge in [0, 0.05) is 5.88 Å². The second-order valence-electron chi connectivity index (χ2n) is 3.37. The van der Waals surface area contributed by atoms with Crippen LogP contribution < -0.4 is 5.32 Å². The molecular formula is C9H16ClN3S. The molecule has 0 saturated heterocycles. The van der Waals surface area contributed by atoms with Crippen molar-refractivity contribution in [1.82, 2.24) is 10.2 Å². The van der Waals surface area contributed by atoms with E-state index in [9.17, 15) is 0 Å². The van der Waals surface area contributed by atoms with E-state index < -0.39 is 0 Å². The van der Waals surface area contributed by atoms with E-state index in [2.05, 4.69) is 29.4 Å². The van der Waals surface area contributed by atoms with Gasteiger partial charge in [-0.15, -0.1) is 21.8 Å². The summed E-state index contributed by atoms with van der Waals surface area (Å²) in [5.41, 5.74) is -0.0342. The van der Waals surface area contributed by atoms with E-state index in [-0.39, 0.29) is 5.54 Å². The molecule has 0 bridgehead atoms. The number of rotatable bonds is 5. The Morgan fingerprint density at radius 1 is 1.36 bits per heavy atom. The number of hydrogen-bond acceptors (Lipinski definition) is 4. The molecule has 1 aromatic rings. The summed E-state index contributed by atoms with van der Waals surface area (Å²) in [5.74, 6) is 0.596. The normalized spacial score (nSPS) is 11.7. The first kappa shape index (κ1) is 11.7. The summed E-state index contributed by atoms with van der Waals surface area (Å²) in [7, 11) is 0. The molecule has 14 heavy (non-hydrogen) atoms. The summed E-state index contributed by atoms with van der Waals surface area (Å²) in [5, 5.41) is 13.2. The number of aryl methyl sites for hydroxylation is 1. The van der Waals surface area contributed by atoms with Crippen molar-refractivity contribution in [3.8, 4) is 0 Å². The summed E-state index contributed by atoms with van der Waals surface area (Å²) in [6, 6.07) is 0. The van der Waals surface area contributed by atoms with Crippen LogP contribution in [0.4, 0.5) is 5.13 Å². The number of hydrogen-bond donors (Lipinski definition) is 1. The molecule has 0 spiro atoms. The van der Waals surface area contributed by atoms with Crippen molar-refractivity contribution in [2.24, 2.45) is 0 Å². The zero-order chi connectivity index (χ0) is 10.6. The topological polar surface area (TPSA) is 37.8 Å². The van der Waals surface area contributed by atoms with E-state index in [1.165, 1.54) is 0 Å². The fourth-order valence-corrected chi connectivity index (χ4v) is 2.38. The van der Waals surface area contributed by atoms with Crippen LogP contribution >= 0.6 is 22.9 Å². The van der Waals surface area contributed by atoms with Gasteiger partial charge in [0.15, 0.2) is 0 Å². The first-order valence-corrected chi connectivity index (χ1v) is 6.15. The molecule has 1 N–H and O–H groups in total. The predicted octanol–water partition coefficient (Wildman–Crippen LogP) is 3.06. The zero-order valence-corrected chi connectivity index (χ0v) is 10.4. The van der Waals surface area contributed by atoms with Gasteiger partial charge in [0.25, 0.3) is 0 Å². The van der Waals surface area contributed by atoms with Crippen molar-refractivity contribution < 1.29 is 0 Å². The SMILES string of the molecule is CCC(CC)(CCl)Nc1nnc(C)s1. The first-order chi connectivity index (χ1) is 6.65.